The largest absolute Gasteiger partial charge is 0.505 e. The van der Waals surface area contributed by atoms with E-state index in [-0.39, 0.29) is 16.3 Å². The maximum Gasteiger partial charge on any atom is 0.265 e. The van der Waals surface area contributed by atoms with Crippen LogP contribution in [0.2, 0.25) is 5.02 Å². The quantitative estimate of drug-likeness (QED) is 0.644. The molecule has 0 heterocycles. The van der Waals surface area contributed by atoms with Crippen molar-refractivity contribution < 1.29 is 18.3 Å². The minimum atomic E-state index is -4.25. The molecule has 0 aromatic heterocycles. The molecule has 3 aromatic carbocycles. The Hall–Kier alpha value is -3.21. The van der Waals surface area contributed by atoms with E-state index >= 15 is 0 Å². The van der Waals surface area contributed by atoms with E-state index in [0.717, 1.165) is 17.2 Å². The predicted octanol–water partition coefficient (Wildman–Crippen LogP) is 4.39. The summed E-state index contributed by atoms with van der Waals surface area (Å²) < 4.78 is 33.4. The molecule has 0 spiro atoms. The number of halogens is 1. The van der Waals surface area contributed by atoms with Crippen LogP contribution in [0.1, 0.15) is 5.56 Å². The van der Waals surface area contributed by atoms with Crippen molar-refractivity contribution in [2.24, 2.45) is 0 Å². The van der Waals surface area contributed by atoms with E-state index in [9.17, 15) is 13.5 Å². The molecule has 0 fully saturated rings. The lowest BCUT2D eigenvalue weighted by atomic mass is 10.1. The molecule has 142 valence electrons. The third-order valence-corrected chi connectivity index (χ3v) is 5.66. The topological polar surface area (TPSA) is 99.4 Å². The van der Waals surface area contributed by atoms with Gasteiger partial charge in [0.25, 0.3) is 10.0 Å². The zero-order chi connectivity index (χ0) is 20.3. The molecule has 28 heavy (non-hydrogen) atoms. The molecule has 0 bridgehead atoms. The zero-order valence-electron chi connectivity index (χ0n) is 14.7. The van der Waals surface area contributed by atoms with Crippen LogP contribution >= 0.6 is 11.6 Å². The third-order valence-electron chi connectivity index (χ3n) is 4.00. The number of aromatic hydroxyl groups is 1. The number of nitriles is 1. The number of phenols is 1. The van der Waals surface area contributed by atoms with Crippen molar-refractivity contribution >= 4 is 27.3 Å². The number of hydrogen-bond acceptors (Lipinski definition) is 5. The summed E-state index contributed by atoms with van der Waals surface area (Å²) in [5.41, 5.74) is 1.85. The van der Waals surface area contributed by atoms with Crippen LogP contribution < -0.4 is 9.46 Å². The van der Waals surface area contributed by atoms with Gasteiger partial charge in [-0.25, -0.2) is 8.42 Å². The number of rotatable bonds is 5. The Morgan fingerprint density at radius 2 is 1.79 bits per heavy atom. The SMILES string of the molecule is COc1ccc(-c2ccccc2)cc1NS(=O)(=O)c1cc(C#N)cc(Cl)c1O. The summed E-state index contributed by atoms with van der Waals surface area (Å²) in [7, 11) is -2.83. The summed E-state index contributed by atoms with van der Waals surface area (Å²) in [5.74, 6) is -0.336. The molecule has 0 saturated carbocycles. The number of ether oxygens (including phenoxy) is 1. The number of anilines is 1. The van der Waals surface area contributed by atoms with Gasteiger partial charge in [-0.15, -0.1) is 0 Å². The molecule has 0 saturated heterocycles. The first-order chi connectivity index (χ1) is 13.4. The Kier molecular flexibility index (Phi) is 5.45. The van der Waals surface area contributed by atoms with Gasteiger partial charge in [0, 0.05) is 0 Å². The fourth-order valence-corrected chi connectivity index (χ4v) is 4.12. The molecule has 0 aliphatic heterocycles. The maximum atomic E-state index is 12.9. The number of phenolic OH excluding ortho intramolecular Hbond substituents is 1. The lowest BCUT2D eigenvalue weighted by Gasteiger charge is -2.15. The lowest BCUT2D eigenvalue weighted by molar-refractivity contribution is 0.417. The Balaban J connectivity index is 2.08. The summed E-state index contributed by atoms with van der Waals surface area (Å²) >= 11 is 5.85. The zero-order valence-corrected chi connectivity index (χ0v) is 16.3. The second kappa shape index (κ2) is 7.80. The molecule has 0 radical (unpaired) electrons. The second-order valence-electron chi connectivity index (χ2n) is 5.80. The lowest BCUT2D eigenvalue weighted by Crippen LogP contribution is -2.14. The van der Waals surface area contributed by atoms with Crippen molar-refractivity contribution in [1.29, 1.82) is 5.26 Å². The van der Waals surface area contributed by atoms with Crippen LogP contribution in [-0.4, -0.2) is 20.6 Å². The molecular weight excluding hydrogens is 400 g/mol. The van der Waals surface area contributed by atoms with Gasteiger partial charge in [0.05, 0.1) is 29.5 Å². The molecule has 0 atom stereocenters. The van der Waals surface area contributed by atoms with Crippen LogP contribution in [0.15, 0.2) is 65.6 Å². The van der Waals surface area contributed by atoms with Crippen molar-refractivity contribution in [3.8, 4) is 28.7 Å². The van der Waals surface area contributed by atoms with E-state index in [2.05, 4.69) is 4.72 Å². The van der Waals surface area contributed by atoms with Gasteiger partial charge in [-0.3, -0.25) is 4.72 Å². The highest BCUT2D eigenvalue weighted by atomic mass is 35.5. The Morgan fingerprint density at radius 1 is 1.07 bits per heavy atom. The predicted molar refractivity (Wildman–Crippen MR) is 107 cm³/mol. The van der Waals surface area contributed by atoms with Crippen molar-refractivity contribution in [2.45, 2.75) is 4.90 Å². The summed E-state index contributed by atoms with van der Waals surface area (Å²) in [6, 6.07) is 18.5. The van der Waals surface area contributed by atoms with E-state index in [4.69, 9.17) is 21.6 Å². The molecular formula is C20H15ClN2O4S. The molecule has 0 aliphatic rings. The molecule has 0 aliphatic carbocycles. The van der Waals surface area contributed by atoms with Gasteiger partial charge in [0.15, 0.2) is 5.75 Å². The van der Waals surface area contributed by atoms with E-state index in [0.29, 0.717) is 5.75 Å². The Bertz CT molecular complexity index is 1170. The summed E-state index contributed by atoms with van der Waals surface area (Å²) in [6.07, 6.45) is 0. The fourth-order valence-electron chi connectivity index (χ4n) is 2.64. The maximum absolute atomic E-state index is 12.9. The number of nitrogens with one attached hydrogen (secondary N) is 1. The highest BCUT2D eigenvalue weighted by molar-refractivity contribution is 7.92. The van der Waals surface area contributed by atoms with Crippen molar-refractivity contribution in [3.05, 3.63) is 71.2 Å². The molecule has 3 rings (SSSR count). The van der Waals surface area contributed by atoms with Crippen LogP contribution in [0.4, 0.5) is 5.69 Å². The fraction of sp³-hybridized carbons (Fsp3) is 0.0500. The first-order valence-electron chi connectivity index (χ1n) is 8.04. The molecule has 0 amide bonds. The van der Waals surface area contributed by atoms with Crippen LogP contribution in [0.3, 0.4) is 0 Å². The number of hydrogen-bond donors (Lipinski definition) is 2. The van der Waals surface area contributed by atoms with Crippen LogP contribution in [0, 0.1) is 11.3 Å². The van der Waals surface area contributed by atoms with Gasteiger partial charge in [-0.1, -0.05) is 48.0 Å². The molecule has 6 nitrogen and oxygen atoms in total. The summed E-state index contributed by atoms with van der Waals surface area (Å²) in [6.45, 7) is 0. The van der Waals surface area contributed by atoms with Gasteiger partial charge in [0.1, 0.15) is 10.6 Å². The summed E-state index contributed by atoms with van der Waals surface area (Å²) in [5, 5.41) is 18.9. The smallest absolute Gasteiger partial charge is 0.265 e. The first kappa shape index (κ1) is 19.5. The molecule has 2 N–H and O–H groups in total. The van der Waals surface area contributed by atoms with Gasteiger partial charge >= 0.3 is 0 Å². The van der Waals surface area contributed by atoms with Crippen molar-refractivity contribution in [1.82, 2.24) is 0 Å². The van der Waals surface area contributed by atoms with Crippen LogP contribution in [-0.2, 0) is 10.0 Å². The highest BCUT2D eigenvalue weighted by Crippen LogP contribution is 2.36. The van der Waals surface area contributed by atoms with Gasteiger partial charge in [0.2, 0.25) is 0 Å². The average Bonchev–Trinajstić information content (AvgIpc) is 2.70. The first-order valence-corrected chi connectivity index (χ1v) is 9.90. The average molecular weight is 415 g/mol. The number of benzene rings is 3. The Morgan fingerprint density at radius 3 is 2.43 bits per heavy atom. The van der Waals surface area contributed by atoms with Gasteiger partial charge in [-0.05, 0) is 35.4 Å². The molecule has 8 heteroatoms. The monoisotopic (exact) mass is 414 g/mol. The van der Waals surface area contributed by atoms with Crippen LogP contribution in [0.5, 0.6) is 11.5 Å². The van der Waals surface area contributed by atoms with Crippen LogP contribution in [0.25, 0.3) is 11.1 Å². The standard InChI is InChI=1S/C20H15ClN2O4S/c1-27-18-8-7-15(14-5-3-2-4-6-14)11-17(18)23-28(25,26)19-10-13(12-22)9-16(21)20(19)24/h2-11,23-24H,1H3. The second-order valence-corrected chi connectivity index (χ2v) is 7.86. The normalized spacial score (nSPS) is 10.9. The minimum Gasteiger partial charge on any atom is -0.505 e. The number of methoxy groups -OCH3 is 1. The number of sulfonamides is 1. The van der Waals surface area contributed by atoms with E-state index < -0.39 is 20.7 Å². The van der Waals surface area contributed by atoms with E-state index in [1.807, 2.05) is 36.4 Å². The number of nitrogens with zero attached hydrogens (tertiary/aromatic N) is 1. The minimum absolute atomic E-state index is 0.00757. The van der Waals surface area contributed by atoms with Crippen molar-refractivity contribution in [3.63, 3.8) is 0 Å². The Labute approximate surface area is 167 Å². The van der Waals surface area contributed by atoms with Gasteiger partial charge in [-0.2, -0.15) is 5.26 Å². The highest BCUT2D eigenvalue weighted by Gasteiger charge is 2.23. The summed E-state index contributed by atoms with van der Waals surface area (Å²) in [4.78, 5) is -0.497. The van der Waals surface area contributed by atoms with E-state index in [1.165, 1.54) is 13.2 Å². The third kappa shape index (κ3) is 3.88. The van der Waals surface area contributed by atoms with E-state index in [1.54, 1.807) is 18.2 Å². The molecule has 3 aromatic rings. The van der Waals surface area contributed by atoms with Crippen molar-refractivity contribution in [2.75, 3.05) is 11.8 Å². The molecule has 0 unspecified atom stereocenters. The van der Waals surface area contributed by atoms with Gasteiger partial charge < -0.3 is 9.84 Å².